The van der Waals surface area contributed by atoms with E-state index >= 15 is 0 Å². The number of nitrogens with one attached hydrogen (secondary N) is 1. The molecule has 2 aromatic carbocycles. The van der Waals surface area contributed by atoms with E-state index in [4.69, 9.17) is 23.2 Å². The van der Waals surface area contributed by atoms with E-state index in [1.54, 1.807) is 42.5 Å². The first kappa shape index (κ1) is 22.6. The van der Waals surface area contributed by atoms with Gasteiger partial charge >= 0.3 is 5.97 Å². The van der Waals surface area contributed by atoms with Crippen LogP contribution < -0.4 is 5.32 Å². The average molecular weight is 435 g/mol. The summed E-state index contributed by atoms with van der Waals surface area (Å²) in [5.41, 5.74) is -0.225. The van der Waals surface area contributed by atoms with Gasteiger partial charge in [-0.05, 0) is 36.2 Å². The molecule has 2 rings (SSSR count). The van der Waals surface area contributed by atoms with Crippen molar-refractivity contribution in [3.8, 4) is 0 Å². The molecule has 0 fully saturated rings. The Balaban J connectivity index is 2.19. The van der Waals surface area contributed by atoms with Crippen LogP contribution in [0.25, 0.3) is 0 Å². The minimum Gasteiger partial charge on any atom is -0.479 e. The first-order chi connectivity index (χ1) is 13.8. The molecule has 29 heavy (non-hydrogen) atoms. The van der Waals surface area contributed by atoms with Crippen LogP contribution in [0.3, 0.4) is 0 Å². The highest BCUT2D eigenvalue weighted by molar-refractivity contribution is 6.40. The lowest BCUT2D eigenvalue weighted by molar-refractivity contribution is -0.143. The van der Waals surface area contributed by atoms with E-state index in [0.29, 0.717) is 17.7 Å². The van der Waals surface area contributed by atoms with Crippen molar-refractivity contribution in [2.45, 2.75) is 38.1 Å². The molecule has 0 radical (unpaired) electrons. The zero-order chi connectivity index (χ0) is 21.4. The van der Waals surface area contributed by atoms with Crippen LogP contribution in [0, 0.1) is 0 Å². The van der Waals surface area contributed by atoms with Crippen molar-refractivity contribution in [2.75, 3.05) is 5.32 Å². The maximum absolute atomic E-state index is 12.4. The fourth-order valence-electron chi connectivity index (χ4n) is 2.92. The predicted octanol–water partition coefficient (Wildman–Crippen LogP) is 5.14. The summed E-state index contributed by atoms with van der Waals surface area (Å²) in [4.78, 5) is 38.7. The summed E-state index contributed by atoms with van der Waals surface area (Å²) >= 11 is 12.1. The second kappa shape index (κ2) is 10.2. The van der Waals surface area contributed by atoms with Crippen molar-refractivity contribution in [1.82, 2.24) is 0 Å². The number of carbonyl (C=O) groups excluding carboxylic acids is 2. The van der Waals surface area contributed by atoms with E-state index < -0.39 is 17.4 Å². The Morgan fingerprint density at radius 3 is 2.28 bits per heavy atom. The molecule has 152 valence electrons. The van der Waals surface area contributed by atoms with Crippen LogP contribution >= 0.6 is 23.2 Å². The SMILES string of the molecule is CCCC[C@@](Cc1ccc(NC(=O)c2c(Cl)cccc2Cl)cc1)(N=C=O)C(=O)O. The number of benzene rings is 2. The van der Waals surface area contributed by atoms with Gasteiger partial charge in [0.15, 0.2) is 5.54 Å². The minimum atomic E-state index is -1.55. The highest BCUT2D eigenvalue weighted by Crippen LogP contribution is 2.27. The van der Waals surface area contributed by atoms with Crippen molar-refractivity contribution in [1.29, 1.82) is 0 Å². The predicted molar refractivity (Wildman–Crippen MR) is 113 cm³/mol. The van der Waals surface area contributed by atoms with Gasteiger partial charge in [-0.3, -0.25) is 4.79 Å². The topological polar surface area (TPSA) is 95.8 Å². The lowest BCUT2D eigenvalue weighted by Gasteiger charge is -2.23. The highest BCUT2D eigenvalue weighted by Gasteiger charge is 2.38. The summed E-state index contributed by atoms with van der Waals surface area (Å²) in [6.45, 7) is 1.93. The number of amides is 1. The molecule has 0 spiro atoms. The van der Waals surface area contributed by atoms with Crippen molar-refractivity contribution < 1.29 is 19.5 Å². The molecule has 2 aromatic rings. The second-order valence-electron chi connectivity index (χ2n) is 6.57. The summed E-state index contributed by atoms with van der Waals surface area (Å²) in [7, 11) is 0. The van der Waals surface area contributed by atoms with Gasteiger partial charge in [-0.2, -0.15) is 4.99 Å². The third-order valence-corrected chi connectivity index (χ3v) is 5.13. The maximum atomic E-state index is 12.4. The van der Waals surface area contributed by atoms with Crippen molar-refractivity contribution >= 4 is 46.8 Å². The summed E-state index contributed by atoms with van der Waals surface area (Å²) in [6.07, 6.45) is 3.07. The number of unbranched alkanes of at least 4 members (excludes halogenated alkanes) is 1. The molecule has 2 N–H and O–H groups in total. The van der Waals surface area contributed by atoms with Crippen LogP contribution in [0.5, 0.6) is 0 Å². The Morgan fingerprint density at radius 1 is 1.14 bits per heavy atom. The number of rotatable bonds is 9. The Labute approximate surface area is 178 Å². The molecule has 0 aromatic heterocycles. The van der Waals surface area contributed by atoms with Crippen LogP contribution in [0.4, 0.5) is 5.69 Å². The number of isocyanates is 1. The number of halogens is 2. The van der Waals surface area contributed by atoms with Crippen LogP contribution in [0.2, 0.25) is 10.0 Å². The normalized spacial score (nSPS) is 12.5. The molecule has 8 heteroatoms. The Bertz CT molecular complexity index is 916. The van der Waals surface area contributed by atoms with Gasteiger partial charge in [-0.1, -0.05) is 61.2 Å². The Kier molecular flexibility index (Phi) is 7.97. The number of aliphatic carboxylic acids is 1. The van der Waals surface area contributed by atoms with Gasteiger partial charge in [-0.15, -0.1) is 0 Å². The molecule has 1 amide bonds. The second-order valence-corrected chi connectivity index (χ2v) is 7.38. The summed E-state index contributed by atoms with van der Waals surface area (Å²) in [6, 6.07) is 11.4. The number of hydrogen-bond donors (Lipinski definition) is 2. The van der Waals surface area contributed by atoms with E-state index in [2.05, 4.69) is 10.3 Å². The number of anilines is 1. The number of aliphatic imine (C=N–C) groups is 1. The van der Waals surface area contributed by atoms with Crippen LogP contribution in [0.1, 0.15) is 42.1 Å². The van der Waals surface area contributed by atoms with Gasteiger partial charge in [0, 0.05) is 12.1 Å². The maximum Gasteiger partial charge on any atom is 0.332 e. The Hall–Kier alpha value is -2.66. The van der Waals surface area contributed by atoms with E-state index in [1.165, 1.54) is 6.08 Å². The van der Waals surface area contributed by atoms with Crippen molar-refractivity contribution in [3.63, 3.8) is 0 Å². The molecule has 0 saturated heterocycles. The molecule has 0 aliphatic heterocycles. The van der Waals surface area contributed by atoms with Crippen LogP contribution in [0.15, 0.2) is 47.5 Å². The van der Waals surface area contributed by atoms with E-state index in [9.17, 15) is 19.5 Å². The minimum absolute atomic E-state index is 0.0438. The molecular formula is C21H20Cl2N2O4. The molecule has 0 unspecified atom stereocenters. The van der Waals surface area contributed by atoms with E-state index in [1.807, 2.05) is 6.92 Å². The fourth-order valence-corrected chi connectivity index (χ4v) is 3.49. The summed E-state index contributed by atoms with van der Waals surface area (Å²) in [5.74, 6) is -1.62. The summed E-state index contributed by atoms with van der Waals surface area (Å²) in [5, 5.41) is 12.8. The van der Waals surface area contributed by atoms with E-state index in [-0.39, 0.29) is 28.5 Å². The fraction of sp³-hybridized carbons (Fsp3) is 0.286. The molecule has 0 aliphatic carbocycles. The third kappa shape index (κ3) is 5.67. The first-order valence-electron chi connectivity index (χ1n) is 8.99. The standard InChI is InChI=1S/C21H20Cl2N2O4/c1-2-3-11-21(20(28)29,24-13-26)12-14-7-9-15(10-8-14)25-19(27)18-16(22)5-4-6-17(18)23/h4-10H,2-3,11-12H2,1H3,(H,25,27)(H,28,29)/t21-/m0/s1. The van der Waals surface area contributed by atoms with Gasteiger partial charge in [0.25, 0.3) is 5.91 Å². The number of carboxylic acid groups (broad SMARTS) is 1. The van der Waals surface area contributed by atoms with Gasteiger partial charge in [0.05, 0.1) is 15.6 Å². The average Bonchev–Trinajstić information content (AvgIpc) is 2.67. The monoisotopic (exact) mass is 434 g/mol. The lowest BCUT2D eigenvalue weighted by Crippen LogP contribution is -2.39. The number of hydrogen-bond acceptors (Lipinski definition) is 4. The van der Waals surface area contributed by atoms with Crippen molar-refractivity contribution in [2.24, 2.45) is 4.99 Å². The third-order valence-electron chi connectivity index (χ3n) is 4.50. The quantitative estimate of drug-likeness (QED) is 0.421. The molecule has 1 atom stereocenters. The number of carbonyl (C=O) groups is 2. The van der Waals surface area contributed by atoms with Crippen LogP contribution in [-0.2, 0) is 16.0 Å². The number of carboxylic acids is 1. The molecule has 0 aliphatic rings. The molecule has 0 saturated carbocycles. The van der Waals surface area contributed by atoms with Gasteiger partial charge in [0.1, 0.15) is 0 Å². The van der Waals surface area contributed by atoms with Gasteiger partial charge in [-0.25, -0.2) is 9.59 Å². The first-order valence-corrected chi connectivity index (χ1v) is 9.75. The van der Waals surface area contributed by atoms with E-state index in [0.717, 1.165) is 6.42 Å². The van der Waals surface area contributed by atoms with Gasteiger partial charge < -0.3 is 10.4 Å². The molecular weight excluding hydrogens is 415 g/mol. The summed E-state index contributed by atoms with van der Waals surface area (Å²) < 4.78 is 0. The van der Waals surface area contributed by atoms with Crippen LogP contribution in [-0.4, -0.2) is 28.6 Å². The Morgan fingerprint density at radius 2 is 1.76 bits per heavy atom. The molecule has 6 nitrogen and oxygen atoms in total. The smallest absolute Gasteiger partial charge is 0.332 e. The molecule has 0 bridgehead atoms. The highest BCUT2D eigenvalue weighted by atomic mass is 35.5. The largest absolute Gasteiger partial charge is 0.479 e. The number of nitrogens with zero attached hydrogens (tertiary/aromatic N) is 1. The zero-order valence-electron chi connectivity index (χ0n) is 15.7. The van der Waals surface area contributed by atoms with Gasteiger partial charge in [0.2, 0.25) is 6.08 Å². The zero-order valence-corrected chi connectivity index (χ0v) is 17.3. The van der Waals surface area contributed by atoms with Crippen molar-refractivity contribution in [3.05, 3.63) is 63.6 Å². The lowest BCUT2D eigenvalue weighted by atomic mass is 9.86. The molecule has 0 heterocycles.